The van der Waals surface area contributed by atoms with E-state index in [-0.39, 0.29) is 5.91 Å². The number of nitrogens with zero attached hydrogens (tertiary/aromatic N) is 1. The predicted octanol–water partition coefficient (Wildman–Crippen LogP) is 0.766. The van der Waals surface area contributed by atoms with E-state index in [4.69, 9.17) is 0 Å². The van der Waals surface area contributed by atoms with Crippen molar-refractivity contribution in [3.63, 3.8) is 0 Å². The first kappa shape index (κ1) is 9.21. The van der Waals surface area contributed by atoms with E-state index in [1.54, 1.807) is 0 Å². The summed E-state index contributed by atoms with van der Waals surface area (Å²) in [6, 6.07) is 10.4. The van der Waals surface area contributed by atoms with Crippen molar-refractivity contribution in [1.82, 2.24) is 10.4 Å². The third-order valence-electron chi connectivity index (χ3n) is 2.29. The average Bonchev–Trinajstić information content (AvgIpc) is 2.13. The van der Waals surface area contributed by atoms with Crippen LogP contribution in [0, 0.1) is 6.07 Å². The maximum absolute atomic E-state index is 11.5. The summed E-state index contributed by atoms with van der Waals surface area (Å²) in [6.07, 6.45) is 1.63. The molecule has 1 heterocycles. The van der Waals surface area contributed by atoms with Gasteiger partial charge in [-0.25, -0.2) is 5.01 Å². The molecule has 0 unspecified atom stereocenters. The number of hydrogen-bond acceptors (Lipinski definition) is 2. The minimum Gasteiger partial charge on any atom is -0.289 e. The van der Waals surface area contributed by atoms with Gasteiger partial charge in [0.15, 0.2) is 0 Å². The van der Waals surface area contributed by atoms with Gasteiger partial charge in [-0.05, 0) is 18.1 Å². The van der Waals surface area contributed by atoms with E-state index in [1.165, 1.54) is 6.42 Å². The Balaban J connectivity index is 1.82. The van der Waals surface area contributed by atoms with Crippen molar-refractivity contribution in [3.8, 4) is 0 Å². The molecule has 1 radical (unpaired) electrons. The molecule has 1 aromatic rings. The molecule has 1 fully saturated rings. The Morgan fingerprint density at radius 3 is 2.71 bits per heavy atom. The molecular weight excluding hydrogens is 176 g/mol. The first-order chi connectivity index (χ1) is 6.84. The Labute approximate surface area is 83.7 Å². The molecule has 73 valence electrons. The van der Waals surface area contributed by atoms with E-state index in [2.05, 4.69) is 11.5 Å². The van der Waals surface area contributed by atoms with Crippen molar-refractivity contribution in [2.75, 3.05) is 13.1 Å². The first-order valence-corrected chi connectivity index (χ1v) is 4.84. The molecular formula is C11H13N2O. The maximum atomic E-state index is 11.5. The molecule has 1 aliphatic rings. The summed E-state index contributed by atoms with van der Waals surface area (Å²) in [5, 5.41) is 1.94. The van der Waals surface area contributed by atoms with Gasteiger partial charge in [-0.15, -0.1) is 0 Å². The van der Waals surface area contributed by atoms with Gasteiger partial charge in [0, 0.05) is 13.1 Å². The molecule has 3 heteroatoms. The number of hydrazine groups is 1. The molecule has 0 aromatic heterocycles. The SMILES string of the molecule is O=C(Cc1cc[c]cc1)NN1CCC1. The number of amides is 1. The molecule has 0 spiro atoms. The Morgan fingerprint density at radius 1 is 1.43 bits per heavy atom. The van der Waals surface area contributed by atoms with Gasteiger partial charge >= 0.3 is 0 Å². The smallest absolute Gasteiger partial charge is 0.238 e. The van der Waals surface area contributed by atoms with Crippen molar-refractivity contribution in [2.45, 2.75) is 12.8 Å². The summed E-state index contributed by atoms with van der Waals surface area (Å²) in [5.41, 5.74) is 3.88. The molecule has 0 saturated carbocycles. The average molecular weight is 189 g/mol. The monoisotopic (exact) mass is 189 g/mol. The van der Waals surface area contributed by atoms with Crippen molar-refractivity contribution in [3.05, 3.63) is 35.9 Å². The molecule has 1 aliphatic heterocycles. The summed E-state index contributed by atoms with van der Waals surface area (Å²) in [5.74, 6) is 0.0656. The van der Waals surface area contributed by atoms with E-state index in [0.717, 1.165) is 18.7 Å². The zero-order valence-corrected chi connectivity index (χ0v) is 7.99. The second-order valence-electron chi connectivity index (χ2n) is 3.46. The number of rotatable bonds is 3. The van der Waals surface area contributed by atoms with Crippen LogP contribution in [0.5, 0.6) is 0 Å². The molecule has 0 aliphatic carbocycles. The van der Waals surface area contributed by atoms with E-state index >= 15 is 0 Å². The van der Waals surface area contributed by atoms with Crippen molar-refractivity contribution >= 4 is 5.91 Å². The van der Waals surface area contributed by atoms with Gasteiger partial charge < -0.3 is 0 Å². The molecule has 3 nitrogen and oxygen atoms in total. The van der Waals surface area contributed by atoms with Crippen molar-refractivity contribution in [1.29, 1.82) is 0 Å². The van der Waals surface area contributed by atoms with Crippen LogP contribution in [0.4, 0.5) is 0 Å². The Morgan fingerprint density at radius 2 is 2.14 bits per heavy atom. The van der Waals surface area contributed by atoms with Gasteiger partial charge in [0.2, 0.25) is 5.91 Å². The minimum absolute atomic E-state index is 0.0656. The summed E-state index contributed by atoms with van der Waals surface area (Å²) < 4.78 is 0. The molecule has 1 aromatic carbocycles. The van der Waals surface area contributed by atoms with Crippen LogP contribution in [0.15, 0.2) is 24.3 Å². The van der Waals surface area contributed by atoms with Crippen LogP contribution in [0.1, 0.15) is 12.0 Å². The zero-order chi connectivity index (χ0) is 9.80. The fraction of sp³-hybridized carbons (Fsp3) is 0.364. The van der Waals surface area contributed by atoms with Crippen LogP contribution in [-0.4, -0.2) is 24.0 Å². The highest BCUT2D eigenvalue weighted by Crippen LogP contribution is 2.03. The third kappa shape index (κ3) is 2.33. The Bertz CT molecular complexity index is 306. The summed E-state index contributed by atoms with van der Waals surface area (Å²) in [4.78, 5) is 11.5. The van der Waals surface area contributed by atoms with Crippen LogP contribution in [-0.2, 0) is 11.2 Å². The maximum Gasteiger partial charge on any atom is 0.238 e. The van der Waals surface area contributed by atoms with Gasteiger partial charge in [0.25, 0.3) is 0 Å². The van der Waals surface area contributed by atoms with E-state index < -0.39 is 0 Å². The molecule has 0 atom stereocenters. The van der Waals surface area contributed by atoms with E-state index in [9.17, 15) is 4.79 Å². The number of hydrogen-bond donors (Lipinski definition) is 1. The highest BCUT2D eigenvalue weighted by Gasteiger charge is 2.15. The second kappa shape index (κ2) is 4.24. The van der Waals surface area contributed by atoms with Crippen LogP contribution in [0.25, 0.3) is 0 Å². The summed E-state index contributed by atoms with van der Waals surface area (Å²) in [7, 11) is 0. The number of benzene rings is 1. The normalized spacial score (nSPS) is 16.0. The quantitative estimate of drug-likeness (QED) is 0.761. The van der Waals surface area contributed by atoms with Gasteiger partial charge in [-0.3, -0.25) is 10.2 Å². The number of carbonyl (C=O) groups is 1. The highest BCUT2D eigenvalue weighted by atomic mass is 16.2. The van der Waals surface area contributed by atoms with Crippen molar-refractivity contribution in [2.24, 2.45) is 0 Å². The van der Waals surface area contributed by atoms with Gasteiger partial charge in [0.05, 0.1) is 6.42 Å². The number of carbonyl (C=O) groups excluding carboxylic acids is 1. The van der Waals surface area contributed by atoms with Crippen LogP contribution < -0.4 is 5.43 Å². The van der Waals surface area contributed by atoms with Gasteiger partial charge in [-0.2, -0.15) is 0 Å². The fourth-order valence-corrected chi connectivity index (χ4v) is 1.37. The van der Waals surface area contributed by atoms with Crippen LogP contribution in [0.3, 0.4) is 0 Å². The lowest BCUT2D eigenvalue weighted by Crippen LogP contribution is -2.50. The molecule has 1 N–H and O–H groups in total. The van der Waals surface area contributed by atoms with Gasteiger partial charge in [-0.1, -0.05) is 24.3 Å². The van der Waals surface area contributed by atoms with E-state index in [0.29, 0.717) is 6.42 Å². The zero-order valence-electron chi connectivity index (χ0n) is 7.99. The first-order valence-electron chi connectivity index (χ1n) is 4.84. The lowest BCUT2D eigenvalue weighted by atomic mass is 10.1. The molecule has 0 bridgehead atoms. The van der Waals surface area contributed by atoms with E-state index in [1.807, 2.05) is 29.3 Å². The van der Waals surface area contributed by atoms with Gasteiger partial charge in [0.1, 0.15) is 0 Å². The standard InChI is InChI=1S/C11H13N2O/c14-11(12-13-7-4-8-13)9-10-5-2-1-3-6-10/h2-3,5-6H,4,7-9H2,(H,12,14). The third-order valence-corrected chi connectivity index (χ3v) is 2.29. The Kier molecular flexibility index (Phi) is 2.79. The molecule has 2 rings (SSSR count). The topological polar surface area (TPSA) is 32.3 Å². The summed E-state index contributed by atoms with van der Waals surface area (Å²) >= 11 is 0. The van der Waals surface area contributed by atoms with Crippen molar-refractivity contribution < 1.29 is 4.79 Å². The number of nitrogens with one attached hydrogen (secondary N) is 1. The van der Waals surface area contributed by atoms with Crippen LogP contribution in [0.2, 0.25) is 0 Å². The Hall–Kier alpha value is -1.35. The highest BCUT2D eigenvalue weighted by molar-refractivity contribution is 5.78. The largest absolute Gasteiger partial charge is 0.289 e. The molecule has 1 saturated heterocycles. The molecule has 14 heavy (non-hydrogen) atoms. The fourth-order valence-electron chi connectivity index (χ4n) is 1.37. The molecule has 1 amide bonds. The predicted molar refractivity (Wildman–Crippen MR) is 53.3 cm³/mol. The summed E-state index contributed by atoms with van der Waals surface area (Å²) in [6.45, 7) is 1.96. The second-order valence-corrected chi connectivity index (χ2v) is 3.46. The van der Waals surface area contributed by atoms with Crippen LogP contribution >= 0.6 is 0 Å². The lowest BCUT2D eigenvalue weighted by Gasteiger charge is -2.30. The lowest BCUT2D eigenvalue weighted by molar-refractivity contribution is -0.126. The minimum atomic E-state index is 0.0656.